The number of carbonyl (C=O) groups excluding carboxylic acids is 2. The quantitative estimate of drug-likeness (QED) is 0.756. The van der Waals surface area contributed by atoms with Crippen LogP contribution in [0.25, 0.3) is 5.78 Å². The molecule has 3 aromatic rings. The summed E-state index contributed by atoms with van der Waals surface area (Å²) in [5.41, 5.74) is 3.55. The van der Waals surface area contributed by atoms with Crippen LogP contribution in [0, 0.1) is 20.8 Å². The number of anilines is 1. The average molecular weight is 338 g/mol. The molecule has 2 aromatic heterocycles. The zero-order valence-corrected chi connectivity index (χ0v) is 14.4. The van der Waals surface area contributed by atoms with Gasteiger partial charge in [-0.2, -0.15) is 4.98 Å². The van der Waals surface area contributed by atoms with Crippen LogP contribution >= 0.6 is 0 Å². The predicted molar refractivity (Wildman–Crippen MR) is 92.8 cm³/mol. The summed E-state index contributed by atoms with van der Waals surface area (Å²) in [5, 5.41) is 9.54. The van der Waals surface area contributed by atoms with Crippen molar-refractivity contribution >= 4 is 23.3 Å². The molecule has 0 spiro atoms. The molecule has 0 saturated heterocycles. The van der Waals surface area contributed by atoms with Crippen molar-refractivity contribution in [2.24, 2.45) is 0 Å². The van der Waals surface area contributed by atoms with E-state index < -0.39 is 5.91 Å². The second-order valence-corrected chi connectivity index (χ2v) is 5.75. The van der Waals surface area contributed by atoms with E-state index in [9.17, 15) is 9.59 Å². The number of hydrogen-bond acceptors (Lipinski definition) is 5. The highest BCUT2D eigenvalue weighted by Gasteiger charge is 2.16. The van der Waals surface area contributed by atoms with Crippen molar-refractivity contribution < 1.29 is 9.59 Å². The van der Waals surface area contributed by atoms with Gasteiger partial charge in [0, 0.05) is 29.7 Å². The van der Waals surface area contributed by atoms with Gasteiger partial charge in [0.2, 0.25) is 5.82 Å². The Morgan fingerprint density at radius 1 is 1.04 bits per heavy atom. The first kappa shape index (κ1) is 16.6. The molecule has 8 heteroatoms. The number of rotatable bonds is 3. The summed E-state index contributed by atoms with van der Waals surface area (Å²) in [6.07, 6.45) is 0. The fourth-order valence-electron chi connectivity index (χ4n) is 2.53. The third kappa shape index (κ3) is 3.18. The van der Waals surface area contributed by atoms with E-state index >= 15 is 0 Å². The molecule has 0 aliphatic carbocycles. The second-order valence-electron chi connectivity index (χ2n) is 5.75. The van der Waals surface area contributed by atoms with Crippen molar-refractivity contribution in [1.29, 1.82) is 0 Å². The summed E-state index contributed by atoms with van der Waals surface area (Å²) in [5.74, 6) is -0.191. The van der Waals surface area contributed by atoms with Crippen molar-refractivity contribution in [3.05, 3.63) is 52.6 Å². The molecule has 3 rings (SSSR count). The van der Waals surface area contributed by atoms with Gasteiger partial charge in [0.15, 0.2) is 0 Å². The van der Waals surface area contributed by atoms with E-state index in [1.54, 1.807) is 25.2 Å². The molecular weight excluding hydrogens is 320 g/mol. The van der Waals surface area contributed by atoms with Crippen LogP contribution in [0.4, 0.5) is 5.69 Å². The van der Waals surface area contributed by atoms with Gasteiger partial charge in [-0.1, -0.05) is 0 Å². The van der Waals surface area contributed by atoms with E-state index in [4.69, 9.17) is 0 Å². The lowest BCUT2D eigenvalue weighted by atomic mass is 10.1. The summed E-state index contributed by atoms with van der Waals surface area (Å²) >= 11 is 0. The Labute approximate surface area is 144 Å². The monoisotopic (exact) mass is 338 g/mol. The standard InChI is InChI=1S/C17H18N6O2/c1-9-7-12(15(24)18-4)5-6-13(9)20-16(25)14-21-17-19-10(2)8-11(3)23(17)22-14/h5-8H,1-4H3,(H,18,24)(H,20,25). The van der Waals surface area contributed by atoms with Crippen LogP contribution in [0.1, 0.15) is 37.9 Å². The van der Waals surface area contributed by atoms with Crippen molar-refractivity contribution in [1.82, 2.24) is 24.9 Å². The maximum absolute atomic E-state index is 12.5. The van der Waals surface area contributed by atoms with E-state index in [1.807, 2.05) is 26.8 Å². The summed E-state index contributed by atoms with van der Waals surface area (Å²) in [4.78, 5) is 32.6. The van der Waals surface area contributed by atoms with Crippen molar-refractivity contribution in [3.8, 4) is 0 Å². The highest BCUT2D eigenvalue weighted by molar-refractivity contribution is 6.02. The van der Waals surface area contributed by atoms with Crippen LogP contribution in [0.15, 0.2) is 24.3 Å². The highest BCUT2D eigenvalue weighted by atomic mass is 16.2. The number of nitrogens with one attached hydrogen (secondary N) is 2. The second kappa shape index (κ2) is 6.31. The number of benzene rings is 1. The van der Waals surface area contributed by atoms with Gasteiger partial charge in [-0.25, -0.2) is 9.50 Å². The number of hydrogen-bond donors (Lipinski definition) is 2. The van der Waals surface area contributed by atoms with Crippen LogP contribution in [-0.4, -0.2) is 38.4 Å². The Balaban J connectivity index is 1.87. The molecule has 0 fully saturated rings. The number of fused-ring (bicyclic) bond motifs is 1. The molecule has 0 radical (unpaired) electrons. The number of aromatic nitrogens is 4. The Kier molecular flexibility index (Phi) is 4.18. The predicted octanol–water partition coefficient (Wildman–Crippen LogP) is 1.66. The van der Waals surface area contributed by atoms with Crippen molar-refractivity contribution in [3.63, 3.8) is 0 Å². The molecule has 2 N–H and O–H groups in total. The maximum Gasteiger partial charge on any atom is 0.295 e. The number of aryl methyl sites for hydroxylation is 3. The fraction of sp³-hybridized carbons (Fsp3) is 0.235. The molecule has 0 aliphatic heterocycles. The first-order chi connectivity index (χ1) is 11.9. The summed E-state index contributed by atoms with van der Waals surface area (Å²) < 4.78 is 1.53. The van der Waals surface area contributed by atoms with Gasteiger partial charge in [-0.05, 0) is 50.6 Å². The van der Waals surface area contributed by atoms with Gasteiger partial charge in [-0.3, -0.25) is 9.59 Å². The minimum Gasteiger partial charge on any atom is -0.355 e. The maximum atomic E-state index is 12.5. The van der Waals surface area contributed by atoms with Gasteiger partial charge >= 0.3 is 0 Å². The summed E-state index contributed by atoms with van der Waals surface area (Å²) in [6, 6.07) is 6.90. The lowest BCUT2D eigenvalue weighted by Crippen LogP contribution is -2.18. The summed E-state index contributed by atoms with van der Waals surface area (Å²) in [6.45, 7) is 5.55. The van der Waals surface area contributed by atoms with Gasteiger partial charge in [0.25, 0.3) is 17.6 Å². The van der Waals surface area contributed by atoms with Crippen molar-refractivity contribution in [2.45, 2.75) is 20.8 Å². The fourth-order valence-corrected chi connectivity index (χ4v) is 2.53. The van der Waals surface area contributed by atoms with E-state index in [0.29, 0.717) is 17.0 Å². The molecule has 0 unspecified atom stereocenters. The van der Waals surface area contributed by atoms with Crippen LogP contribution in [0.2, 0.25) is 0 Å². The number of carbonyl (C=O) groups is 2. The SMILES string of the molecule is CNC(=O)c1ccc(NC(=O)c2nc3nc(C)cc(C)n3n2)c(C)c1. The molecule has 128 valence electrons. The normalized spacial score (nSPS) is 10.7. The average Bonchev–Trinajstić information content (AvgIpc) is 3.00. The van der Waals surface area contributed by atoms with E-state index in [0.717, 1.165) is 17.0 Å². The van der Waals surface area contributed by atoms with Crippen LogP contribution in [0.5, 0.6) is 0 Å². The van der Waals surface area contributed by atoms with Crippen LogP contribution < -0.4 is 10.6 Å². The first-order valence-electron chi connectivity index (χ1n) is 7.74. The van der Waals surface area contributed by atoms with Crippen LogP contribution in [0.3, 0.4) is 0 Å². The zero-order chi connectivity index (χ0) is 18.1. The summed E-state index contributed by atoms with van der Waals surface area (Å²) in [7, 11) is 1.57. The molecule has 2 amide bonds. The number of amides is 2. The molecule has 1 aromatic carbocycles. The Hall–Kier alpha value is -3.29. The van der Waals surface area contributed by atoms with E-state index in [2.05, 4.69) is 25.7 Å². The first-order valence-corrected chi connectivity index (χ1v) is 7.74. The third-order valence-electron chi connectivity index (χ3n) is 3.79. The van der Waals surface area contributed by atoms with Gasteiger partial charge in [-0.15, -0.1) is 5.10 Å². The minimum absolute atomic E-state index is 0.0379. The van der Waals surface area contributed by atoms with Gasteiger partial charge in [0.05, 0.1) is 0 Å². The topological polar surface area (TPSA) is 101 Å². The molecule has 0 bridgehead atoms. The smallest absolute Gasteiger partial charge is 0.295 e. The molecular formula is C17H18N6O2. The number of nitrogens with zero attached hydrogens (tertiary/aromatic N) is 4. The van der Waals surface area contributed by atoms with E-state index in [1.165, 1.54) is 4.52 Å². The van der Waals surface area contributed by atoms with Crippen molar-refractivity contribution in [2.75, 3.05) is 12.4 Å². The molecule has 25 heavy (non-hydrogen) atoms. The van der Waals surface area contributed by atoms with Crippen LogP contribution in [-0.2, 0) is 0 Å². The Morgan fingerprint density at radius 3 is 2.48 bits per heavy atom. The van der Waals surface area contributed by atoms with E-state index in [-0.39, 0.29) is 11.7 Å². The molecule has 0 aliphatic rings. The lowest BCUT2D eigenvalue weighted by molar-refractivity contribution is 0.0962. The van der Waals surface area contributed by atoms with Gasteiger partial charge in [0.1, 0.15) is 0 Å². The molecule has 0 atom stereocenters. The minimum atomic E-state index is -0.432. The third-order valence-corrected chi connectivity index (χ3v) is 3.79. The Morgan fingerprint density at radius 2 is 1.80 bits per heavy atom. The molecule has 8 nitrogen and oxygen atoms in total. The molecule has 0 saturated carbocycles. The van der Waals surface area contributed by atoms with Gasteiger partial charge < -0.3 is 10.6 Å². The largest absolute Gasteiger partial charge is 0.355 e. The lowest BCUT2D eigenvalue weighted by Gasteiger charge is -2.08. The highest BCUT2D eigenvalue weighted by Crippen LogP contribution is 2.17. The zero-order valence-electron chi connectivity index (χ0n) is 14.4. The Bertz CT molecular complexity index is 992. The molecule has 2 heterocycles.